The van der Waals surface area contributed by atoms with Crippen LogP contribution in [0.15, 0.2) is 182 Å². The SMILES string of the molecule is CC1[C@@H](OCN(Cc2ccccc2)C(=O)OCc2ccccc2)OC(COCc2ccccc2)[C@@H](O[C@@H]2OC(COCc3ccccc3)[C@@H](C)[C@H](O[C@@H]3OC(C)[C@H](C)[C@H](C)C3OC(=O)c3ccccc3)C2OC(=O)c2ccccc2)[C@@H]1PBB=O. The molecule has 0 bridgehead atoms. The van der Waals surface area contributed by atoms with Crippen molar-refractivity contribution in [2.75, 3.05) is 19.9 Å². The van der Waals surface area contributed by atoms with Crippen LogP contribution in [0.3, 0.4) is 0 Å². The van der Waals surface area contributed by atoms with Crippen LogP contribution in [0, 0.1) is 23.7 Å². The number of benzene rings is 6. The van der Waals surface area contributed by atoms with Crippen LogP contribution in [0.5, 0.6) is 0 Å². The molecule has 9 rings (SSSR count). The van der Waals surface area contributed by atoms with Crippen LogP contribution < -0.4 is 0 Å². The average Bonchev–Trinajstić information content (AvgIpc) is 3.55. The van der Waals surface area contributed by atoms with E-state index >= 15 is 0 Å². The van der Waals surface area contributed by atoms with E-state index in [2.05, 4.69) is 0 Å². The number of carbonyl (C=O) groups is 3. The molecule has 16 atom stereocenters. The van der Waals surface area contributed by atoms with Gasteiger partial charge in [-0.15, -0.1) is 0 Å². The topological polar surface area (TPSA) is 173 Å². The summed E-state index contributed by atoms with van der Waals surface area (Å²) in [6, 6.07) is 55.9. The number of esters is 2. The van der Waals surface area contributed by atoms with E-state index in [0.717, 1.165) is 29.3 Å². The maximum atomic E-state index is 14.6. The second-order valence-corrected chi connectivity index (χ2v) is 23.5. The Labute approximate surface area is 501 Å². The Hall–Kier alpha value is -6.43. The number of ether oxygens (including phenoxy) is 11. The second-order valence-electron chi connectivity index (χ2n) is 22.0. The molecule has 85 heavy (non-hydrogen) atoms. The van der Waals surface area contributed by atoms with Crippen molar-refractivity contribution in [2.24, 2.45) is 23.7 Å². The van der Waals surface area contributed by atoms with Gasteiger partial charge in [0, 0.05) is 0 Å². The van der Waals surface area contributed by atoms with Gasteiger partial charge >= 0.3 is 364 Å². The predicted molar refractivity (Wildman–Crippen MR) is 322 cm³/mol. The Balaban J connectivity index is 1.06. The molecule has 0 saturated carbocycles. The van der Waals surface area contributed by atoms with Gasteiger partial charge in [-0.2, -0.15) is 0 Å². The Kier molecular flexibility index (Phi) is 23.6. The van der Waals surface area contributed by atoms with Crippen molar-refractivity contribution in [1.29, 1.82) is 0 Å². The van der Waals surface area contributed by atoms with E-state index in [9.17, 15) is 19.1 Å². The molecule has 446 valence electrons. The molecule has 0 radical (unpaired) electrons. The van der Waals surface area contributed by atoms with Crippen LogP contribution in [0.2, 0.25) is 0 Å². The summed E-state index contributed by atoms with van der Waals surface area (Å²) >= 11 is 0. The van der Waals surface area contributed by atoms with Crippen molar-refractivity contribution in [3.8, 4) is 0 Å². The van der Waals surface area contributed by atoms with Crippen molar-refractivity contribution in [1.82, 2.24) is 4.90 Å². The van der Waals surface area contributed by atoms with Gasteiger partial charge in [0.2, 0.25) is 0 Å². The quantitative estimate of drug-likeness (QED) is 0.0165. The van der Waals surface area contributed by atoms with Crippen molar-refractivity contribution >= 4 is 40.4 Å². The predicted octanol–water partition coefficient (Wildman–Crippen LogP) is 10.6. The maximum absolute atomic E-state index is 14.6. The molecular weight excluding hydrogens is 1100 g/mol. The summed E-state index contributed by atoms with van der Waals surface area (Å²) in [5.74, 6) is -2.54. The first-order valence-corrected chi connectivity index (χ1v) is 30.5. The number of rotatable bonds is 26. The molecule has 3 fully saturated rings. The zero-order valence-electron chi connectivity index (χ0n) is 48.8. The van der Waals surface area contributed by atoms with Gasteiger partial charge in [-0.1, -0.05) is 105 Å². The Morgan fingerprint density at radius 1 is 0.494 bits per heavy atom. The van der Waals surface area contributed by atoms with Crippen LogP contribution in [0.25, 0.3) is 0 Å². The third-order valence-corrected chi connectivity index (χ3v) is 17.8. The number of nitrogens with zero attached hydrogens (tertiary/aromatic N) is 1. The minimum absolute atomic E-state index is 0.0134. The molecule has 16 nitrogen and oxygen atoms in total. The summed E-state index contributed by atoms with van der Waals surface area (Å²) in [6.45, 7) is 10.7. The molecule has 3 heterocycles. The fourth-order valence-electron chi connectivity index (χ4n) is 10.9. The summed E-state index contributed by atoms with van der Waals surface area (Å²) in [4.78, 5) is 44.0. The van der Waals surface area contributed by atoms with Crippen LogP contribution in [0.1, 0.15) is 77.6 Å². The molecular formula is C66H76B2NO15P. The third-order valence-electron chi connectivity index (χ3n) is 16.1. The van der Waals surface area contributed by atoms with E-state index < -0.39 is 91.0 Å². The number of hydrogen-bond acceptors (Lipinski definition) is 15. The van der Waals surface area contributed by atoms with E-state index in [1.807, 2.05) is 162 Å². The van der Waals surface area contributed by atoms with E-state index in [0.29, 0.717) is 5.56 Å². The van der Waals surface area contributed by atoms with Gasteiger partial charge in [0.15, 0.2) is 0 Å². The molecule has 3 aliphatic rings. The monoisotopic (exact) mass is 1180 g/mol. The molecule has 0 aliphatic carbocycles. The summed E-state index contributed by atoms with van der Waals surface area (Å²) in [6.07, 6.45) is -10.1. The average molecular weight is 1180 g/mol. The van der Waals surface area contributed by atoms with Crippen molar-refractivity contribution in [3.63, 3.8) is 0 Å². The molecule has 3 aliphatic heterocycles. The molecule has 1 amide bonds. The van der Waals surface area contributed by atoms with Gasteiger partial charge in [-0.25, -0.2) is 4.79 Å². The first-order chi connectivity index (χ1) is 41.4. The molecule has 6 aromatic rings. The van der Waals surface area contributed by atoms with Crippen LogP contribution >= 0.6 is 8.46 Å². The van der Waals surface area contributed by atoms with E-state index in [1.165, 1.54) is 4.90 Å². The zero-order chi connectivity index (χ0) is 59.5. The summed E-state index contributed by atoms with van der Waals surface area (Å²) in [5.41, 5.74) is 3.75. The van der Waals surface area contributed by atoms with Gasteiger partial charge in [-0.3, -0.25) is 0 Å². The Morgan fingerprint density at radius 2 is 0.953 bits per heavy atom. The zero-order valence-corrected chi connectivity index (χ0v) is 49.8. The summed E-state index contributed by atoms with van der Waals surface area (Å²) in [7, 11) is 0.852. The molecule has 3 saturated heterocycles. The normalized spacial score (nSPS) is 27.5. The molecule has 0 N–H and O–H groups in total. The molecule has 6 aromatic carbocycles. The standard InChI is InChI=1S/C66H76B2NO15P/c1-43-44(2)57(81-61(70)52-32-20-10-21-33-52)64(78-47(43)5)83-56-45(3)54(40-74-37-49-26-14-7-15-27-49)79-65(59(56)82-62(71)53-34-22-11-23-35-53)84-58-55(41-75-38-50-28-16-8-17-29-50)80-63(46(4)60(58)85-68-67-73)77-42-69(36-48-24-12-6-13-25-48)66(72)76-39-51-30-18-9-19-31-51/h6-35,43-47,54-60,63-65,68,85H,36-42H2,1-5H3/t43-,44+,45-,46?,47?,54?,55?,56+,57?,58-,59?,60-,63+,64+,65+/m1/s1. The minimum atomic E-state index is -1.37. The van der Waals surface area contributed by atoms with Crippen LogP contribution in [0.4, 0.5) is 4.79 Å². The van der Waals surface area contributed by atoms with Gasteiger partial charge < -0.3 is 0 Å². The van der Waals surface area contributed by atoms with Gasteiger partial charge in [0.05, 0.1) is 5.56 Å². The van der Waals surface area contributed by atoms with E-state index in [-0.39, 0.29) is 85.2 Å². The second kappa shape index (κ2) is 31.8. The number of amides is 1. The summed E-state index contributed by atoms with van der Waals surface area (Å²) in [5, 5.41) is 0. The number of carbonyl (C=O) groups excluding carboxylic acids is 3. The Morgan fingerprint density at radius 3 is 1.49 bits per heavy atom. The van der Waals surface area contributed by atoms with E-state index in [4.69, 9.17) is 52.1 Å². The van der Waals surface area contributed by atoms with Crippen molar-refractivity contribution < 1.29 is 71.2 Å². The van der Waals surface area contributed by atoms with E-state index in [1.54, 1.807) is 54.6 Å². The van der Waals surface area contributed by atoms with Gasteiger partial charge in [0.25, 0.3) is 0 Å². The fourth-order valence-corrected chi connectivity index (χ4v) is 12.3. The third kappa shape index (κ3) is 17.4. The molecule has 19 heteroatoms. The first kappa shape index (κ1) is 63.1. The fraction of sp³-hybridized carbons (Fsp3) is 0.409. The molecule has 7 unspecified atom stereocenters. The van der Waals surface area contributed by atoms with Crippen LogP contribution in [-0.4, -0.2) is 124 Å². The van der Waals surface area contributed by atoms with Crippen LogP contribution in [-0.2, 0) is 83.2 Å². The summed E-state index contributed by atoms with van der Waals surface area (Å²) < 4.78 is 86.4. The molecule has 0 aromatic heterocycles. The van der Waals surface area contributed by atoms with Crippen molar-refractivity contribution in [2.45, 2.75) is 128 Å². The molecule has 0 spiro atoms. The number of hydrogen-bond donors (Lipinski definition) is 0. The van der Waals surface area contributed by atoms with Gasteiger partial charge in [0.1, 0.15) is 0 Å². The van der Waals surface area contributed by atoms with Gasteiger partial charge in [-0.05, 0) is 25.0 Å². The van der Waals surface area contributed by atoms with Crippen molar-refractivity contribution in [3.05, 3.63) is 215 Å². The Bertz CT molecular complexity index is 2980. The first-order valence-electron chi connectivity index (χ1n) is 29.2.